The van der Waals surface area contributed by atoms with Crippen molar-refractivity contribution in [2.45, 2.75) is 96.4 Å². The zero-order chi connectivity index (χ0) is 33.3. The average molecular weight is 668 g/mol. The van der Waals surface area contributed by atoms with Gasteiger partial charge in [0, 0.05) is 30.8 Å². The summed E-state index contributed by atoms with van der Waals surface area (Å²) in [6.45, 7) is 6.08. The molecule has 1 saturated heterocycles. The van der Waals surface area contributed by atoms with Crippen LogP contribution < -0.4 is 16.0 Å². The minimum absolute atomic E-state index is 0.0639. The smallest absolute Gasteiger partial charge is 0.333 e. The Bertz CT molecular complexity index is 1850. The first-order valence-electron chi connectivity index (χ1n) is 16.4. The Morgan fingerprint density at radius 3 is 2.49 bits per heavy atom. The van der Waals surface area contributed by atoms with Crippen molar-refractivity contribution in [1.29, 1.82) is 0 Å². The van der Waals surface area contributed by atoms with Gasteiger partial charge in [0.25, 0.3) is 5.56 Å². The Kier molecular flexibility index (Phi) is 9.77. The number of rotatable bonds is 11. The van der Waals surface area contributed by atoms with Gasteiger partial charge >= 0.3 is 5.69 Å². The highest BCUT2D eigenvalue weighted by molar-refractivity contribution is 7.21. The van der Waals surface area contributed by atoms with Crippen LogP contribution in [0, 0.1) is 18.7 Å². The molecule has 3 aromatic heterocycles. The highest BCUT2D eigenvalue weighted by Crippen LogP contribution is 2.36. The molecule has 6 rings (SSSR count). The van der Waals surface area contributed by atoms with Gasteiger partial charge in [-0.2, -0.15) is 10.2 Å². The van der Waals surface area contributed by atoms with Crippen LogP contribution in [0.4, 0.5) is 4.39 Å². The van der Waals surface area contributed by atoms with Crippen LogP contribution in [0.3, 0.4) is 0 Å². The number of hydrogen-bond donors (Lipinski definition) is 0. The van der Waals surface area contributed by atoms with Crippen LogP contribution in [0.25, 0.3) is 15.2 Å². The number of ketones is 1. The molecule has 0 unspecified atom stereocenters. The molecule has 1 aliphatic heterocycles. The molecule has 4 heterocycles. The summed E-state index contributed by atoms with van der Waals surface area (Å²) >= 11 is 1.21. The second-order valence-electron chi connectivity index (χ2n) is 13.1. The van der Waals surface area contributed by atoms with Gasteiger partial charge in [-0.05, 0) is 57.7 Å². The van der Waals surface area contributed by atoms with Gasteiger partial charge in [-0.25, -0.2) is 13.8 Å². The molecule has 0 spiro atoms. The largest absolute Gasteiger partial charge is 0.496 e. The van der Waals surface area contributed by atoms with E-state index in [1.807, 2.05) is 0 Å². The Balaban J connectivity index is 1.53. The Labute approximate surface area is 276 Å². The predicted octanol–water partition coefficient (Wildman–Crippen LogP) is 5.47. The predicted molar refractivity (Wildman–Crippen MR) is 176 cm³/mol. The monoisotopic (exact) mass is 667 g/mol. The lowest BCUT2D eigenvalue weighted by Gasteiger charge is -2.31. The van der Waals surface area contributed by atoms with Crippen LogP contribution in [0.1, 0.15) is 82.4 Å². The summed E-state index contributed by atoms with van der Waals surface area (Å²) in [4.78, 5) is 44.9. The molecule has 47 heavy (non-hydrogen) atoms. The number of carbonyl (C=O) groups excluding carboxylic acids is 1. The van der Waals surface area contributed by atoms with Crippen molar-refractivity contribution < 1.29 is 23.4 Å². The number of aryl methyl sites for hydroxylation is 1. The first-order chi connectivity index (χ1) is 22.6. The van der Waals surface area contributed by atoms with Crippen LogP contribution in [0.15, 0.2) is 40.2 Å². The molecule has 1 aliphatic carbocycles. The van der Waals surface area contributed by atoms with Gasteiger partial charge in [0.05, 0.1) is 37.5 Å². The number of nitrogens with zero attached hydrogens (tertiary/aromatic N) is 5. The van der Waals surface area contributed by atoms with Crippen LogP contribution in [-0.4, -0.2) is 56.3 Å². The van der Waals surface area contributed by atoms with Gasteiger partial charge in [-0.1, -0.05) is 43.4 Å². The van der Waals surface area contributed by atoms with E-state index in [2.05, 4.69) is 10.2 Å². The standard InChI is InChI=1S/C34H42FN5O6S/c1-21-29-30(42)39(34(2,3)28(41)18-22-8-6-5-7-9-22)33(43)38(32(29)47-31(21)40-36-14-15-37-40)20-27(46-24-12-16-45-17-13-24)25-19-23(35)10-11-26(25)44-4/h10-11,14-15,19,22,24,27H,5-9,12-13,16-18,20H2,1-4H3/t27-/m0/s1. The molecule has 252 valence electrons. The zero-order valence-corrected chi connectivity index (χ0v) is 28.2. The van der Waals surface area contributed by atoms with E-state index in [0.717, 1.165) is 36.7 Å². The highest BCUT2D eigenvalue weighted by atomic mass is 32.1. The molecule has 11 nitrogen and oxygen atoms in total. The zero-order valence-electron chi connectivity index (χ0n) is 27.4. The highest BCUT2D eigenvalue weighted by Gasteiger charge is 2.37. The molecule has 0 N–H and O–H groups in total. The van der Waals surface area contributed by atoms with Crippen molar-refractivity contribution in [2.24, 2.45) is 5.92 Å². The quantitative estimate of drug-likeness (QED) is 0.207. The molecule has 1 saturated carbocycles. The number of halogens is 1. The van der Waals surface area contributed by atoms with Crippen molar-refractivity contribution in [3.63, 3.8) is 0 Å². The molecule has 0 radical (unpaired) electrons. The number of carbonyl (C=O) groups is 1. The molecular weight excluding hydrogens is 625 g/mol. The van der Waals surface area contributed by atoms with Crippen molar-refractivity contribution >= 4 is 27.3 Å². The number of thiophene rings is 1. The fourth-order valence-electron chi connectivity index (χ4n) is 6.91. The third kappa shape index (κ3) is 6.57. The van der Waals surface area contributed by atoms with E-state index in [9.17, 15) is 18.8 Å². The number of ether oxygens (including phenoxy) is 3. The molecule has 13 heteroatoms. The number of methoxy groups -OCH3 is 1. The van der Waals surface area contributed by atoms with Crippen LogP contribution in [0.5, 0.6) is 5.75 Å². The second kappa shape index (κ2) is 13.8. The summed E-state index contributed by atoms with van der Waals surface area (Å²) in [6, 6.07) is 4.20. The fraction of sp³-hybridized carbons (Fsp3) is 0.559. The fourth-order valence-corrected chi connectivity index (χ4v) is 8.13. The van der Waals surface area contributed by atoms with Gasteiger partial charge in [-0.3, -0.25) is 14.2 Å². The molecule has 1 atom stereocenters. The number of benzene rings is 1. The lowest BCUT2D eigenvalue weighted by Crippen LogP contribution is -2.53. The van der Waals surface area contributed by atoms with E-state index in [1.54, 1.807) is 20.8 Å². The van der Waals surface area contributed by atoms with Gasteiger partial charge in [-0.15, -0.1) is 4.80 Å². The Morgan fingerprint density at radius 2 is 1.81 bits per heavy atom. The number of Topliss-reactive ketones (excluding diaryl/α,β-unsaturated/α-hetero) is 1. The summed E-state index contributed by atoms with van der Waals surface area (Å²) in [5.74, 6) is 0.0126. The van der Waals surface area contributed by atoms with Gasteiger partial charge < -0.3 is 14.2 Å². The van der Waals surface area contributed by atoms with Crippen molar-refractivity contribution in [3.8, 4) is 10.8 Å². The average Bonchev–Trinajstić information content (AvgIpc) is 3.71. The van der Waals surface area contributed by atoms with Crippen LogP contribution >= 0.6 is 11.3 Å². The molecule has 2 fully saturated rings. The summed E-state index contributed by atoms with van der Waals surface area (Å²) in [7, 11) is 1.50. The minimum atomic E-state index is -1.42. The lowest BCUT2D eigenvalue weighted by atomic mass is 9.82. The number of hydrogen-bond acceptors (Lipinski definition) is 9. The molecule has 2 aliphatic rings. The second-order valence-corrected chi connectivity index (χ2v) is 14.1. The molecule has 4 aromatic rings. The van der Waals surface area contributed by atoms with Crippen molar-refractivity contribution in [1.82, 2.24) is 24.1 Å². The van der Waals surface area contributed by atoms with E-state index in [0.29, 0.717) is 64.6 Å². The van der Waals surface area contributed by atoms with Gasteiger partial charge in [0.15, 0.2) is 5.78 Å². The molecular formula is C34H42FN5O6S. The van der Waals surface area contributed by atoms with Crippen LogP contribution in [-0.2, 0) is 26.4 Å². The lowest BCUT2D eigenvalue weighted by molar-refractivity contribution is -0.127. The van der Waals surface area contributed by atoms with E-state index >= 15 is 0 Å². The first kappa shape index (κ1) is 33.2. The third-order valence-electron chi connectivity index (χ3n) is 9.64. The Hall–Kier alpha value is -3.68. The van der Waals surface area contributed by atoms with Gasteiger partial charge in [0.2, 0.25) is 0 Å². The summed E-state index contributed by atoms with van der Waals surface area (Å²) in [5, 5.41) is 9.43. The van der Waals surface area contributed by atoms with E-state index in [-0.39, 0.29) is 24.3 Å². The van der Waals surface area contributed by atoms with Crippen molar-refractivity contribution in [3.05, 3.63) is 68.4 Å². The normalized spacial score (nSPS) is 17.3. The van der Waals surface area contributed by atoms with Gasteiger partial charge in [0.1, 0.15) is 33.0 Å². The van der Waals surface area contributed by atoms with Crippen LogP contribution in [0.2, 0.25) is 0 Å². The van der Waals surface area contributed by atoms with Crippen molar-refractivity contribution in [2.75, 3.05) is 20.3 Å². The van der Waals surface area contributed by atoms with E-state index in [4.69, 9.17) is 14.2 Å². The summed E-state index contributed by atoms with van der Waals surface area (Å²) in [6.07, 6.45) is 8.85. The maximum atomic E-state index is 14.8. The SMILES string of the molecule is COc1ccc(F)cc1[C@H](Cn1c(=O)n(C(C)(C)C(=O)CC2CCCCC2)c(=O)c2c(C)c(-n3nccn3)sc21)OC1CCOCC1. The topological polar surface area (TPSA) is 119 Å². The minimum Gasteiger partial charge on any atom is -0.496 e. The number of fused-ring (bicyclic) bond motifs is 1. The summed E-state index contributed by atoms with van der Waals surface area (Å²) in [5.41, 5.74) is -1.57. The maximum Gasteiger partial charge on any atom is 0.333 e. The van der Waals surface area contributed by atoms with E-state index in [1.165, 1.54) is 58.4 Å². The molecule has 0 amide bonds. The maximum absolute atomic E-state index is 14.8. The van der Waals surface area contributed by atoms with E-state index < -0.39 is 28.7 Å². The summed E-state index contributed by atoms with van der Waals surface area (Å²) < 4.78 is 35.2. The first-order valence-corrected chi connectivity index (χ1v) is 17.2. The molecule has 1 aromatic carbocycles. The molecule has 0 bridgehead atoms. The third-order valence-corrected chi connectivity index (χ3v) is 10.9. The number of aromatic nitrogens is 5. The Morgan fingerprint density at radius 1 is 1.11 bits per heavy atom.